The van der Waals surface area contributed by atoms with E-state index >= 15 is 0 Å². The van der Waals surface area contributed by atoms with Crippen molar-refractivity contribution in [3.05, 3.63) is 84.3 Å². The van der Waals surface area contributed by atoms with Gasteiger partial charge >= 0.3 is 5.97 Å². The number of hydrogen-bond donors (Lipinski definition) is 2. The fourth-order valence-electron chi connectivity index (χ4n) is 3.20. The number of thiazole rings is 1. The fraction of sp³-hybridized carbons (Fsp3) is 0.0435. The molecule has 0 aliphatic heterocycles. The van der Waals surface area contributed by atoms with Crippen LogP contribution in [0.2, 0.25) is 0 Å². The molecule has 1 heterocycles. The maximum atomic E-state index is 13.2. The number of benzene rings is 3. The molecule has 0 saturated carbocycles. The molecule has 1 atom stereocenters. The van der Waals surface area contributed by atoms with Crippen LogP contribution in [0.3, 0.4) is 0 Å². The number of aromatic nitrogens is 1. The number of aromatic carboxylic acids is 1. The zero-order chi connectivity index (χ0) is 23.5. The van der Waals surface area contributed by atoms with Crippen LogP contribution in [0.15, 0.2) is 72.9 Å². The van der Waals surface area contributed by atoms with E-state index in [-0.39, 0.29) is 11.4 Å². The molecule has 7 nitrogen and oxygen atoms in total. The van der Waals surface area contributed by atoms with Crippen LogP contribution in [0.1, 0.15) is 10.4 Å². The topological polar surface area (TPSA) is 100.0 Å². The third-order valence-corrected chi connectivity index (χ3v) is 6.66. The molecule has 1 aromatic heterocycles. The largest absolute Gasteiger partial charge is 0.495 e. The van der Waals surface area contributed by atoms with Crippen LogP contribution in [0.4, 0.5) is 15.1 Å². The highest BCUT2D eigenvalue weighted by Gasteiger charge is 2.23. The number of carboxylic acids is 1. The van der Waals surface area contributed by atoms with E-state index in [0.29, 0.717) is 27.0 Å². The first kappa shape index (κ1) is 22.6. The van der Waals surface area contributed by atoms with E-state index in [1.165, 1.54) is 53.2 Å². The summed E-state index contributed by atoms with van der Waals surface area (Å²) < 4.78 is 42.2. The number of halogens is 1. The number of carboxylic acid groups (broad SMARTS) is 1. The minimum absolute atomic E-state index is 0.173. The summed E-state index contributed by atoms with van der Waals surface area (Å²) in [4.78, 5) is 15.4. The van der Waals surface area contributed by atoms with E-state index in [0.717, 1.165) is 11.1 Å². The summed E-state index contributed by atoms with van der Waals surface area (Å²) in [6, 6.07) is 17.3. The average Bonchev–Trinajstić information content (AvgIpc) is 3.29. The Labute approximate surface area is 195 Å². The Morgan fingerprint density at radius 3 is 2.27 bits per heavy atom. The molecule has 33 heavy (non-hydrogen) atoms. The van der Waals surface area contributed by atoms with Crippen LogP contribution in [0.25, 0.3) is 21.7 Å². The number of methoxy groups -OCH3 is 1. The molecule has 0 saturated heterocycles. The number of carbonyl (C=O) groups is 1. The molecule has 0 aliphatic rings. The first-order chi connectivity index (χ1) is 15.9. The van der Waals surface area contributed by atoms with Crippen molar-refractivity contribution in [3.63, 3.8) is 0 Å². The van der Waals surface area contributed by atoms with Crippen molar-refractivity contribution in [3.8, 4) is 27.4 Å². The summed E-state index contributed by atoms with van der Waals surface area (Å²) in [5.74, 6) is -1.04. The summed E-state index contributed by atoms with van der Waals surface area (Å²) in [6.45, 7) is 0. The Bertz CT molecular complexity index is 1320. The fourth-order valence-corrected chi connectivity index (χ4v) is 4.86. The van der Waals surface area contributed by atoms with Gasteiger partial charge in [0.2, 0.25) is 0 Å². The molecule has 0 bridgehead atoms. The molecule has 10 heteroatoms. The Morgan fingerprint density at radius 2 is 1.67 bits per heavy atom. The molecular weight excluding hydrogens is 467 g/mol. The van der Waals surface area contributed by atoms with Crippen molar-refractivity contribution >= 4 is 39.3 Å². The van der Waals surface area contributed by atoms with Gasteiger partial charge in [-0.15, -0.1) is 0 Å². The Morgan fingerprint density at radius 1 is 1.03 bits per heavy atom. The Balaban J connectivity index is 1.70. The van der Waals surface area contributed by atoms with Gasteiger partial charge in [-0.3, -0.25) is 4.55 Å². The predicted molar refractivity (Wildman–Crippen MR) is 126 cm³/mol. The first-order valence-corrected chi connectivity index (χ1v) is 11.4. The van der Waals surface area contributed by atoms with Crippen molar-refractivity contribution < 1.29 is 27.8 Å². The SMILES string of the molecule is COc1cc(-c2ccc(C(=O)O)cc2)ccc1N(c1cnc(-c2ccc(F)cc2)s1)S(=O)O. The minimum Gasteiger partial charge on any atom is -0.495 e. The van der Waals surface area contributed by atoms with Gasteiger partial charge in [0, 0.05) is 5.56 Å². The second kappa shape index (κ2) is 9.49. The Kier molecular flexibility index (Phi) is 6.50. The van der Waals surface area contributed by atoms with Gasteiger partial charge in [-0.1, -0.05) is 29.5 Å². The van der Waals surface area contributed by atoms with Crippen LogP contribution >= 0.6 is 11.3 Å². The van der Waals surface area contributed by atoms with E-state index in [1.54, 1.807) is 42.5 Å². The van der Waals surface area contributed by atoms with Crippen LogP contribution in [-0.4, -0.2) is 31.9 Å². The molecule has 0 fully saturated rings. The summed E-state index contributed by atoms with van der Waals surface area (Å²) in [6.07, 6.45) is 1.47. The van der Waals surface area contributed by atoms with Crippen LogP contribution in [0, 0.1) is 5.82 Å². The van der Waals surface area contributed by atoms with Crippen molar-refractivity contribution in [1.82, 2.24) is 4.98 Å². The van der Waals surface area contributed by atoms with Gasteiger partial charge in [-0.2, -0.15) is 0 Å². The maximum absolute atomic E-state index is 13.2. The standard InChI is InChI=1S/C23H17FN2O5S2/c1-31-20-12-17(14-2-4-16(5-3-14)23(27)28)8-11-19(20)26(33(29)30)21-13-25-22(32-21)15-6-9-18(24)10-7-15/h2-13H,1H3,(H,27,28)(H,29,30). The highest BCUT2D eigenvalue weighted by molar-refractivity contribution is 7.81. The zero-order valence-corrected chi connectivity index (χ0v) is 18.8. The second-order valence-electron chi connectivity index (χ2n) is 6.80. The van der Waals surface area contributed by atoms with E-state index in [9.17, 15) is 17.9 Å². The third kappa shape index (κ3) is 4.77. The molecule has 168 valence electrons. The highest BCUT2D eigenvalue weighted by atomic mass is 32.2. The van der Waals surface area contributed by atoms with Gasteiger partial charge in [0.25, 0.3) is 11.3 Å². The monoisotopic (exact) mass is 484 g/mol. The summed E-state index contributed by atoms with van der Waals surface area (Å²) >= 11 is -1.25. The lowest BCUT2D eigenvalue weighted by molar-refractivity contribution is 0.0697. The lowest BCUT2D eigenvalue weighted by atomic mass is 10.0. The first-order valence-electron chi connectivity index (χ1n) is 9.52. The number of ether oxygens (including phenoxy) is 1. The molecule has 0 spiro atoms. The Hall–Kier alpha value is -3.60. The molecule has 3 aromatic carbocycles. The van der Waals surface area contributed by atoms with Crippen LogP contribution in [-0.2, 0) is 11.3 Å². The summed E-state index contributed by atoms with van der Waals surface area (Å²) in [7, 11) is 1.45. The minimum atomic E-state index is -2.42. The maximum Gasteiger partial charge on any atom is 0.335 e. The summed E-state index contributed by atoms with van der Waals surface area (Å²) in [5.41, 5.74) is 2.71. The molecule has 4 rings (SSSR count). The molecule has 0 amide bonds. The lowest BCUT2D eigenvalue weighted by Gasteiger charge is -2.20. The molecule has 1 unspecified atom stereocenters. The molecular formula is C23H17FN2O5S2. The quantitative estimate of drug-likeness (QED) is 0.331. The summed E-state index contributed by atoms with van der Waals surface area (Å²) in [5, 5.41) is 10.0. The molecule has 2 N–H and O–H groups in total. The zero-order valence-electron chi connectivity index (χ0n) is 17.1. The van der Waals surface area contributed by atoms with Crippen molar-refractivity contribution in [2.75, 3.05) is 11.4 Å². The van der Waals surface area contributed by atoms with E-state index in [1.807, 2.05) is 0 Å². The lowest BCUT2D eigenvalue weighted by Crippen LogP contribution is -2.18. The second-order valence-corrected chi connectivity index (χ2v) is 8.64. The van der Waals surface area contributed by atoms with Gasteiger partial charge < -0.3 is 9.84 Å². The van der Waals surface area contributed by atoms with Gasteiger partial charge in [-0.25, -0.2) is 22.7 Å². The van der Waals surface area contributed by atoms with Crippen LogP contribution in [0.5, 0.6) is 5.75 Å². The smallest absolute Gasteiger partial charge is 0.335 e. The normalized spacial score (nSPS) is 11.7. The predicted octanol–water partition coefficient (Wildman–Crippen LogP) is 5.60. The number of nitrogens with zero attached hydrogens (tertiary/aromatic N) is 2. The van der Waals surface area contributed by atoms with E-state index in [2.05, 4.69) is 4.98 Å². The van der Waals surface area contributed by atoms with Crippen molar-refractivity contribution in [1.29, 1.82) is 0 Å². The van der Waals surface area contributed by atoms with Crippen molar-refractivity contribution in [2.24, 2.45) is 0 Å². The van der Waals surface area contributed by atoms with Gasteiger partial charge in [0.1, 0.15) is 21.6 Å². The van der Waals surface area contributed by atoms with Gasteiger partial charge in [-0.05, 0) is 59.7 Å². The molecule has 0 radical (unpaired) electrons. The number of rotatable bonds is 7. The van der Waals surface area contributed by atoms with E-state index < -0.39 is 17.2 Å². The number of anilines is 2. The van der Waals surface area contributed by atoms with Crippen molar-refractivity contribution in [2.45, 2.75) is 0 Å². The number of hydrogen-bond acceptors (Lipinski definition) is 5. The van der Waals surface area contributed by atoms with Gasteiger partial charge in [0.15, 0.2) is 0 Å². The molecule has 0 aliphatic carbocycles. The van der Waals surface area contributed by atoms with E-state index in [4.69, 9.17) is 9.84 Å². The average molecular weight is 485 g/mol. The van der Waals surface area contributed by atoms with Gasteiger partial charge in [0.05, 0.1) is 24.6 Å². The highest BCUT2D eigenvalue weighted by Crippen LogP contribution is 2.41. The van der Waals surface area contributed by atoms with Crippen LogP contribution < -0.4 is 9.04 Å². The third-order valence-electron chi connectivity index (χ3n) is 4.80. The molecule has 4 aromatic rings.